The fraction of sp³-hybridized carbons (Fsp3) is 0.263. The second-order valence-electron chi connectivity index (χ2n) is 6.73. The van der Waals surface area contributed by atoms with Gasteiger partial charge < -0.3 is 5.73 Å². The second-order valence-corrected chi connectivity index (χ2v) is 6.73. The number of hydrogen-bond acceptors (Lipinski definition) is 3. The summed E-state index contributed by atoms with van der Waals surface area (Å²) in [5.74, 6) is 0.0131. The molecule has 4 heteroatoms. The van der Waals surface area contributed by atoms with E-state index in [2.05, 4.69) is 12.2 Å². The van der Waals surface area contributed by atoms with Crippen LogP contribution in [0.1, 0.15) is 6.42 Å². The smallest absolute Gasteiger partial charge is 0.238 e. The molecule has 2 fully saturated rings. The van der Waals surface area contributed by atoms with E-state index >= 15 is 0 Å². The zero-order valence-corrected chi connectivity index (χ0v) is 12.5. The van der Waals surface area contributed by atoms with E-state index in [4.69, 9.17) is 5.73 Å². The van der Waals surface area contributed by atoms with Crippen molar-refractivity contribution in [3.8, 4) is 0 Å². The maximum absolute atomic E-state index is 13.0. The van der Waals surface area contributed by atoms with Crippen molar-refractivity contribution >= 4 is 34.0 Å². The Labute approximate surface area is 133 Å². The molecule has 2 aromatic carbocycles. The third-order valence-electron chi connectivity index (χ3n) is 5.65. The van der Waals surface area contributed by atoms with Crippen molar-refractivity contribution in [1.82, 2.24) is 0 Å². The van der Waals surface area contributed by atoms with Crippen molar-refractivity contribution in [1.29, 1.82) is 0 Å². The van der Waals surface area contributed by atoms with E-state index in [-0.39, 0.29) is 35.5 Å². The zero-order valence-electron chi connectivity index (χ0n) is 12.5. The van der Waals surface area contributed by atoms with Gasteiger partial charge in [0.1, 0.15) is 0 Å². The molecule has 2 N–H and O–H groups in total. The molecule has 114 valence electrons. The molecule has 2 aromatic rings. The number of carbonyl (C=O) groups excluding carboxylic acids is 2. The summed E-state index contributed by atoms with van der Waals surface area (Å²) in [7, 11) is 0. The molecule has 1 saturated carbocycles. The lowest BCUT2D eigenvalue weighted by Crippen LogP contribution is -2.33. The molecule has 4 unspecified atom stereocenters. The SMILES string of the molecule is Nc1ccc(N2C(=O)C3C4C=CC(C4)C3C2=O)c2ccccc12. The fourth-order valence-corrected chi connectivity index (χ4v) is 4.64. The topological polar surface area (TPSA) is 63.4 Å². The van der Waals surface area contributed by atoms with Gasteiger partial charge in [0.15, 0.2) is 0 Å². The van der Waals surface area contributed by atoms with Gasteiger partial charge in [0.05, 0.1) is 17.5 Å². The van der Waals surface area contributed by atoms with Crippen LogP contribution in [0.15, 0.2) is 48.6 Å². The monoisotopic (exact) mass is 304 g/mol. The number of amides is 2. The Morgan fingerprint density at radius 2 is 1.48 bits per heavy atom. The average molecular weight is 304 g/mol. The summed E-state index contributed by atoms with van der Waals surface area (Å²) in [5, 5.41) is 1.73. The Morgan fingerprint density at radius 3 is 2.13 bits per heavy atom. The predicted octanol–water partition coefficient (Wildman–Crippen LogP) is 2.73. The molecule has 2 aliphatic carbocycles. The summed E-state index contributed by atoms with van der Waals surface area (Å²) in [5.41, 5.74) is 7.36. The van der Waals surface area contributed by atoms with Gasteiger partial charge in [0, 0.05) is 16.5 Å². The molecule has 23 heavy (non-hydrogen) atoms. The van der Waals surface area contributed by atoms with Crippen molar-refractivity contribution < 1.29 is 9.59 Å². The highest BCUT2D eigenvalue weighted by atomic mass is 16.2. The molecular weight excluding hydrogens is 288 g/mol. The normalized spacial score (nSPS) is 31.4. The van der Waals surface area contributed by atoms with E-state index in [1.165, 1.54) is 4.90 Å². The number of allylic oxidation sites excluding steroid dienone is 2. The number of nitrogens with zero attached hydrogens (tertiary/aromatic N) is 1. The second kappa shape index (κ2) is 4.22. The van der Waals surface area contributed by atoms with Crippen LogP contribution in [0.2, 0.25) is 0 Å². The Hall–Kier alpha value is -2.62. The summed E-state index contributed by atoms with van der Waals surface area (Å²) in [6.07, 6.45) is 5.17. The Bertz CT molecular complexity index is 871. The van der Waals surface area contributed by atoms with Gasteiger partial charge >= 0.3 is 0 Å². The van der Waals surface area contributed by atoms with Crippen LogP contribution in [-0.2, 0) is 9.59 Å². The standard InChI is InChI=1S/C19H16N2O2/c20-14-7-8-15(13-4-2-1-3-12(13)14)21-18(22)16-10-5-6-11(9-10)17(16)19(21)23/h1-8,10-11,16-17H,9,20H2. The van der Waals surface area contributed by atoms with Crippen molar-refractivity contribution in [2.24, 2.45) is 23.7 Å². The Kier molecular flexibility index (Phi) is 2.36. The van der Waals surface area contributed by atoms with Crippen LogP contribution in [0.5, 0.6) is 0 Å². The molecule has 0 spiro atoms. The lowest BCUT2D eigenvalue weighted by molar-refractivity contribution is -0.123. The van der Waals surface area contributed by atoms with Crippen LogP contribution in [0.3, 0.4) is 0 Å². The fourth-order valence-electron chi connectivity index (χ4n) is 4.64. The number of nitrogen functional groups attached to an aromatic ring is 1. The first-order chi connectivity index (χ1) is 11.2. The van der Waals surface area contributed by atoms with Gasteiger partial charge in [-0.1, -0.05) is 36.4 Å². The van der Waals surface area contributed by atoms with Crippen LogP contribution >= 0.6 is 0 Å². The van der Waals surface area contributed by atoms with E-state index in [1.54, 1.807) is 12.1 Å². The van der Waals surface area contributed by atoms with Gasteiger partial charge in [-0.25, -0.2) is 4.90 Å². The first-order valence-corrected chi connectivity index (χ1v) is 8.00. The minimum Gasteiger partial charge on any atom is -0.398 e. The van der Waals surface area contributed by atoms with Crippen LogP contribution < -0.4 is 10.6 Å². The number of carbonyl (C=O) groups is 2. The third kappa shape index (κ3) is 1.50. The van der Waals surface area contributed by atoms with Crippen LogP contribution in [0.25, 0.3) is 10.8 Å². The molecule has 4 atom stereocenters. The third-order valence-corrected chi connectivity index (χ3v) is 5.65. The minimum absolute atomic E-state index is 0.0493. The summed E-state index contributed by atoms with van der Waals surface area (Å²) in [6, 6.07) is 11.2. The molecule has 2 bridgehead atoms. The number of rotatable bonds is 1. The van der Waals surface area contributed by atoms with Gasteiger partial charge in [0.25, 0.3) is 0 Å². The quantitative estimate of drug-likeness (QED) is 0.500. The molecule has 0 radical (unpaired) electrons. The maximum Gasteiger partial charge on any atom is 0.238 e. The summed E-state index contributed by atoms with van der Waals surface area (Å²) in [6.45, 7) is 0. The summed E-state index contributed by atoms with van der Waals surface area (Å²) in [4.78, 5) is 27.3. The van der Waals surface area contributed by atoms with Crippen LogP contribution in [-0.4, -0.2) is 11.8 Å². The molecule has 1 saturated heterocycles. The van der Waals surface area contributed by atoms with Gasteiger partial charge in [-0.3, -0.25) is 9.59 Å². The van der Waals surface area contributed by atoms with Crippen LogP contribution in [0.4, 0.5) is 11.4 Å². The molecule has 1 aliphatic heterocycles. The number of imide groups is 1. The van der Waals surface area contributed by atoms with Gasteiger partial charge in [-0.05, 0) is 30.4 Å². The minimum atomic E-state index is -0.172. The first-order valence-electron chi connectivity index (χ1n) is 8.00. The van der Waals surface area contributed by atoms with Crippen molar-refractivity contribution in [2.75, 3.05) is 10.6 Å². The molecule has 0 aromatic heterocycles. The van der Waals surface area contributed by atoms with Gasteiger partial charge in [0.2, 0.25) is 11.8 Å². The van der Waals surface area contributed by atoms with Crippen LogP contribution in [0, 0.1) is 23.7 Å². The predicted molar refractivity (Wildman–Crippen MR) is 88.6 cm³/mol. The average Bonchev–Trinajstić information content (AvgIpc) is 3.24. The van der Waals surface area contributed by atoms with E-state index in [0.29, 0.717) is 11.4 Å². The van der Waals surface area contributed by atoms with Crippen molar-refractivity contribution in [2.45, 2.75) is 6.42 Å². The lowest BCUT2D eigenvalue weighted by Gasteiger charge is -2.20. The lowest BCUT2D eigenvalue weighted by atomic mass is 9.85. The highest BCUT2D eigenvalue weighted by Gasteiger charge is 2.59. The van der Waals surface area contributed by atoms with Crippen molar-refractivity contribution in [3.05, 3.63) is 48.6 Å². The number of benzene rings is 2. The summed E-state index contributed by atoms with van der Waals surface area (Å²) >= 11 is 0. The highest BCUT2D eigenvalue weighted by Crippen LogP contribution is 2.53. The number of nitrogens with two attached hydrogens (primary N) is 1. The van der Waals surface area contributed by atoms with Crippen molar-refractivity contribution in [3.63, 3.8) is 0 Å². The maximum atomic E-state index is 13.0. The van der Waals surface area contributed by atoms with E-state index in [1.807, 2.05) is 24.3 Å². The number of fused-ring (bicyclic) bond motifs is 6. The van der Waals surface area contributed by atoms with Gasteiger partial charge in [-0.2, -0.15) is 0 Å². The van der Waals surface area contributed by atoms with Gasteiger partial charge in [-0.15, -0.1) is 0 Å². The molecule has 1 heterocycles. The largest absolute Gasteiger partial charge is 0.398 e. The summed E-state index contributed by atoms with van der Waals surface area (Å²) < 4.78 is 0. The molecule has 2 amide bonds. The number of anilines is 2. The van der Waals surface area contributed by atoms with E-state index in [0.717, 1.165) is 17.2 Å². The molecular formula is C19H16N2O2. The number of hydrogen-bond donors (Lipinski definition) is 1. The molecule has 4 nitrogen and oxygen atoms in total. The molecule has 5 rings (SSSR count). The Balaban J connectivity index is 1.68. The highest BCUT2D eigenvalue weighted by molar-refractivity contribution is 6.26. The molecule has 3 aliphatic rings. The zero-order chi connectivity index (χ0) is 15.7. The first kappa shape index (κ1) is 12.9. The Morgan fingerprint density at radius 1 is 0.870 bits per heavy atom. The van der Waals surface area contributed by atoms with E-state index in [9.17, 15) is 9.59 Å². The van der Waals surface area contributed by atoms with E-state index < -0.39 is 0 Å².